The first-order chi connectivity index (χ1) is 17.5. The average molecular weight is 541 g/mol. The highest BCUT2D eigenvalue weighted by Gasteiger charge is 2.36. The number of nitrogens with zero attached hydrogens (tertiary/aromatic N) is 3. The number of carboxylic acid groups (broad SMARTS) is 2. The normalized spacial score (nSPS) is 17.6. The average Bonchev–Trinajstić information content (AvgIpc) is 3.21. The van der Waals surface area contributed by atoms with Crippen molar-refractivity contribution >= 4 is 40.2 Å². The lowest BCUT2D eigenvalue weighted by Crippen LogP contribution is -2.52. The minimum atomic E-state index is -4.38. The Morgan fingerprint density at radius 1 is 1.27 bits per heavy atom. The van der Waals surface area contributed by atoms with Gasteiger partial charge in [0.05, 0.1) is 11.0 Å². The minimum Gasteiger partial charge on any atom is -0.478 e. The maximum Gasteiger partial charge on any atom is 0.425 e. The van der Waals surface area contributed by atoms with Crippen molar-refractivity contribution in [3.8, 4) is 0 Å². The van der Waals surface area contributed by atoms with Crippen molar-refractivity contribution in [2.75, 3.05) is 45.7 Å². The predicted octanol–water partition coefficient (Wildman–Crippen LogP) is 1.85. The molecule has 0 aromatic carbocycles. The Kier molecular flexibility index (Phi) is 9.29. The number of aromatic nitrogens is 1. The molecule has 13 heteroatoms. The van der Waals surface area contributed by atoms with Crippen molar-refractivity contribution < 1.29 is 37.7 Å². The molecule has 0 amide bonds. The molecule has 0 radical (unpaired) electrons. The number of fused-ring (bicyclic) bond motifs is 2. The van der Waals surface area contributed by atoms with Gasteiger partial charge in [0.2, 0.25) is 0 Å². The molecule has 0 aliphatic carbocycles. The van der Waals surface area contributed by atoms with Crippen LogP contribution in [0, 0.1) is 0 Å². The Morgan fingerprint density at radius 3 is 2.59 bits per heavy atom. The second kappa shape index (κ2) is 12.2. The summed E-state index contributed by atoms with van der Waals surface area (Å²) >= 11 is 0.736. The van der Waals surface area contributed by atoms with E-state index in [1.807, 2.05) is 12.1 Å². The number of anilines is 1. The molecule has 1 unspecified atom stereocenters. The number of ether oxygens (including phenoxy) is 1. The largest absolute Gasteiger partial charge is 0.478 e. The fourth-order valence-corrected chi connectivity index (χ4v) is 4.89. The van der Waals surface area contributed by atoms with Gasteiger partial charge >= 0.3 is 18.1 Å². The maximum absolute atomic E-state index is 13.4. The summed E-state index contributed by atoms with van der Waals surface area (Å²) in [5, 5.41) is 20.8. The molecule has 2 aliphatic heterocycles. The quantitative estimate of drug-likeness (QED) is 0.472. The van der Waals surface area contributed by atoms with E-state index in [9.17, 15) is 22.8 Å². The zero-order valence-electron chi connectivity index (χ0n) is 20.2. The number of rotatable bonds is 6. The standard InChI is InChI=1S/C20H23F3N4OS.C4H4O4/c1-26-7-8-27(12-14(26)5-9-28-2)18-15-10-16(20(21,22)23)29-19(15)25-11-13-4-3-6-24-17(13)18;5-3(6)1-2-4(7)8/h3-4,6,10-11,14,25H,5,7-9,12H2,1-2H3;1-2H,(H,5,6)(H,7,8). The second-order valence-electron chi connectivity index (χ2n) is 8.30. The van der Waals surface area contributed by atoms with Crippen LogP contribution in [-0.2, 0) is 20.5 Å². The van der Waals surface area contributed by atoms with Crippen LogP contribution < -0.4 is 15.9 Å². The number of halogens is 3. The van der Waals surface area contributed by atoms with Crippen LogP contribution in [0.1, 0.15) is 16.9 Å². The summed E-state index contributed by atoms with van der Waals surface area (Å²) in [5.41, 5.74) is 1.32. The summed E-state index contributed by atoms with van der Waals surface area (Å²) in [4.78, 5) is 27.5. The molecule has 1 saturated heterocycles. The molecule has 3 N–H and O–H groups in total. The number of hydrogen-bond acceptors (Lipinski definition) is 8. The highest BCUT2D eigenvalue weighted by Crippen LogP contribution is 2.42. The van der Waals surface area contributed by atoms with Gasteiger partial charge < -0.3 is 25.2 Å². The highest BCUT2D eigenvalue weighted by molar-refractivity contribution is 7.16. The van der Waals surface area contributed by atoms with Crippen LogP contribution >= 0.6 is 11.3 Å². The highest BCUT2D eigenvalue weighted by atomic mass is 32.1. The third kappa shape index (κ3) is 7.31. The van der Waals surface area contributed by atoms with E-state index >= 15 is 0 Å². The molecule has 2 aliphatic rings. The van der Waals surface area contributed by atoms with Gasteiger partial charge in [-0.25, -0.2) is 9.59 Å². The minimum absolute atomic E-state index is 0.257. The van der Waals surface area contributed by atoms with Crippen molar-refractivity contribution in [1.29, 1.82) is 0 Å². The van der Waals surface area contributed by atoms with Crippen LogP contribution in [0.3, 0.4) is 0 Å². The fourth-order valence-electron chi connectivity index (χ4n) is 3.99. The summed E-state index contributed by atoms with van der Waals surface area (Å²) in [6.45, 7) is 2.90. The van der Waals surface area contributed by atoms with Gasteiger partial charge in [0, 0.05) is 74.7 Å². The van der Waals surface area contributed by atoms with E-state index in [0.29, 0.717) is 41.2 Å². The molecular formula is C24H27F3N4O5S. The van der Waals surface area contributed by atoms with Gasteiger partial charge in [-0.05, 0) is 31.7 Å². The summed E-state index contributed by atoms with van der Waals surface area (Å²) in [5.74, 6) is -2.51. The Bertz CT molecular complexity index is 1260. The summed E-state index contributed by atoms with van der Waals surface area (Å²) in [6, 6.07) is 5.27. The lowest BCUT2D eigenvalue weighted by molar-refractivity contribution is -0.134. The molecule has 0 spiro atoms. The van der Waals surface area contributed by atoms with E-state index in [0.717, 1.165) is 41.8 Å². The third-order valence-corrected chi connectivity index (χ3v) is 6.92. The number of methoxy groups -OCH3 is 1. The number of carboxylic acids is 2. The SMILES string of the molecule is COCCC1CN(C2=c3ncccc3=CNc3sc(C(F)(F)F)cc32)CCN1C.O=C(O)C=CC(=O)O. The predicted molar refractivity (Wildman–Crippen MR) is 132 cm³/mol. The summed E-state index contributed by atoms with van der Waals surface area (Å²) < 4.78 is 45.5. The number of likely N-dealkylation sites (N-methyl/N-ethyl adjacent to an activating group) is 1. The van der Waals surface area contributed by atoms with Crippen LogP contribution in [-0.4, -0.2) is 83.4 Å². The van der Waals surface area contributed by atoms with Crippen molar-refractivity contribution in [1.82, 2.24) is 14.8 Å². The zero-order chi connectivity index (χ0) is 27.2. The number of aliphatic carboxylic acids is 2. The third-order valence-electron chi connectivity index (χ3n) is 5.81. The van der Waals surface area contributed by atoms with E-state index in [1.54, 1.807) is 19.5 Å². The van der Waals surface area contributed by atoms with Crippen molar-refractivity contribution in [2.24, 2.45) is 0 Å². The zero-order valence-corrected chi connectivity index (χ0v) is 21.0. The Hall–Kier alpha value is -3.42. The number of piperazine rings is 1. The number of pyridine rings is 1. The Morgan fingerprint density at radius 2 is 1.97 bits per heavy atom. The Labute approximate surface area is 214 Å². The van der Waals surface area contributed by atoms with Gasteiger partial charge in [-0.2, -0.15) is 13.2 Å². The lowest BCUT2D eigenvalue weighted by atomic mass is 10.1. The van der Waals surface area contributed by atoms with Crippen molar-refractivity contribution in [3.63, 3.8) is 0 Å². The number of nitrogens with one attached hydrogen (secondary N) is 1. The summed E-state index contributed by atoms with van der Waals surface area (Å²) in [7, 11) is 3.76. The molecule has 1 fully saturated rings. The van der Waals surface area contributed by atoms with Crippen LogP contribution in [0.5, 0.6) is 0 Å². The van der Waals surface area contributed by atoms with Gasteiger partial charge in [0.15, 0.2) is 0 Å². The molecule has 0 saturated carbocycles. The van der Waals surface area contributed by atoms with E-state index < -0.39 is 23.0 Å². The van der Waals surface area contributed by atoms with Crippen molar-refractivity contribution in [2.45, 2.75) is 18.6 Å². The van der Waals surface area contributed by atoms with Crippen LogP contribution in [0.4, 0.5) is 18.2 Å². The van der Waals surface area contributed by atoms with Gasteiger partial charge in [0.25, 0.3) is 0 Å². The molecule has 2 aromatic rings. The van der Waals surface area contributed by atoms with E-state index in [4.69, 9.17) is 14.9 Å². The molecule has 2 aromatic heterocycles. The number of alkyl halides is 3. The van der Waals surface area contributed by atoms with Crippen LogP contribution in [0.2, 0.25) is 0 Å². The van der Waals surface area contributed by atoms with Gasteiger partial charge in [-0.3, -0.25) is 9.88 Å². The molecule has 0 bridgehead atoms. The van der Waals surface area contributed by atoms with E-state index in [2.05, 4.69) is 27.1 Å². The Balaban J connectivity index is 0.000000414. The van der Waals surface area contributed by atoms with E-state index in [-0.39, 0.29) is 6.04 Å². The van der Waals surface area contributed by atoms with Crippen molar-refractivity contribution in [3.05, 3.63) is 57.6 Å². The monoisotopic (exact) mass is 540 g/mol. The van der Waals surface area contributed by atoms with Gasteiger partial charge in [0.1, 0.15) is 9.88 Å². The number of thiophene rings is 1. The first-order valence-electron chi connectivity index (χ1n) is 11.2. The lowest BCUT2D eigenvalue weighted by Gasteiger charge is -2.41. The van der Waals surface area contributed by atoms with Crippen LogP contribution in [0.25, 0.3) is 11.9 Å². The number of carbonyl (C=O) groups is 2. The van der Waals surface area contributed by atoms with Crippen LogP contribution in [0.15, 0.2) is 36.5 Å². The molecule has 9 nitrogen and oxygen atoms in total. The van der Waals surface area contributed by atoms with E-state index in [1.165, 1.54) is 6.07 Å². The topological polar surface area (TPSA) is 115 Å². The van der Waals surface area contributed by atoms with Gasteiger partial charge in [-0.15, -0.1) is 11.3 Å². The second-order valence-corrected chi connectivity index (χ2v) is 9.35. The molecule has 37 heavy (non-hydrogen) atoms. The first kappa shape index (κ1) is 28.2. The fraction of sp³-hybridized carbons (Fsp3) is 0.375. The molecule has 200 valence electrons. The first-order valence-corrected chi connectivity index (χ1v) is 12.0. The number of hydrogen-bond donors (Lipinski definition) is 3. The smallest absolute Gasteiger partial charge is 0.425 e. The maximum atomic E-state index is 13.4. The molecule has 1 atom stereocenters. The molecular weight excluding hydrogens is 513 g/mol. The van der Waals surface area contributed by atoms with Gasteiger partial charge in [-0.1, -0.05) is 0 Å². The molecule has 4 rings (SSSR count). The molecule has 4 heterocycles. The summed E-state index contributed by atoms with van der Waals surface area (Å²) in [6.07, 6.45) is 1.03.